The number of hydrazone groups is 1. The molecule has 2 aromatic rings. The van der Waals surface area contributed by atoms with E-state index in [1.165, 1.54) is 0 Å². The van der Waals surface area contributed by atoms with Crippen molar-refractivity contribution in [3.63, 3.8) is 0 Å². The number of amides is 1. The Balaban J connectivity index is 1.69. The Morgan fingerprint density at radius 2 is 2.04 bits per heavy atom. The molecule has 6 heteroatoms. The lowest BCUT2D eigenvalue weighted by atomic mass is 10.1. The summed E-state index contributed by atoms with van der Waals surface area (Å²) in [5.41, 5.74) is 4.58. The van der Waals surface area contributed by atoms with Gasteiger partial charge in [0.2, 0.25) is 5.91 Å². The van der Waals surface area contributed by atoms with Gasteiger partial charge in [-0.3, -0.25) is 4.79 Å². The Kier molecular flexibility index (Phi) is 7.09. The third-order valence-corrected chi connectivity index (χ3v) is 3.81. The first kappa shape index (κ1) is 18.3. The van der Waals surface area contributed by atoms with Gasteiger partial charge in [-0.25, -0.2) is 5.43 Å². The van der Waals surface area contributed by atoms with Crippen LogP contribution in [0.1, 0.15) is 24.0 Å². The zero-order valence-corrected chi connectivity index (χ0v) is 14.8. The van der Waals surface area contributed by atoms with E-state index in [0.717, 1.165) is 11.1 Å². The first-order valence-electron chi connectivity index (χ1n) is 7.51. The third kappa shape index (κ3) is 5.87. The SMILES string of the molecule is Cc1ccccc1/C=N/NC(=O)CCCOc1ccc(Cl)cc1Cl. The van der Waals surface area contributed by atoms with Crippen molar-refractivity contribution >= 4 is 35.3 Å². The highest BCUT2D eigenvalue weighted by Crippen LogP contribution is 2.27. The molecule has 4 nitrogen and oxygen atoms in total. The topological polar surface area (TPSA) is 50.7 Å². The number of benzene rings is 2. The van der Waals surface area contributed by atoms with Crippen LogP contribution in [0.3, 0.4) is 0 Å². The zero-order valence-electron chi connectivity index (χ0n) is 13.3. The van der Waals surface area contributed by atoms with Crippen molar-refractivity contribution < 1.29 is 9.53 Å². The van der Waals surface area contributed by atoms with E-state index in [1.54, 1.807) is 24.4 Å². The standard InChI is InChI=1S/C18H18Cl2N2O2/c1-13-5-2-3-6-14(13)12-21-22-18(23)7-4-10-24-17-9-8-15(19)11-16(17)20/h2-3,5-6,8-9,11-12H,4,7,10H2,1H3,(H,22,23)/b21-12+. The van der Waals surface area contributed by atoms with E-state index < -0.39 is 0 Å². The van der Waals surface area contributed by atoms with Crippen LogP contribution >= 0.6 is 23.2 Å². The van der Waals surface area contributed by atoms with Crippen LogP contribution in [0.15, 0.2) is 47.6 Å². The molecule has 2 rings (SSSR count). The number of rotatable bonds is 7. The predicted octanol–water partition coefficient (Wildman–Crippen LogP) is 4.61. The van der Waals surface area contributed by atoms with Gasteiger partial charge in [0.1, 0.15) is 5.75 Å². The van der Waals surface area contributed by atoms with Gasteiger partial charge in [0, 0.05) is 11.4 Å². The van der Waals surface area contributed by atoms with E-state index in [9.17, 15) is 4.79 Å². The molecule has 0 heterocycles. The van der Waals surface area contributed by atoms with Crippen molar-refractivity contribution in [3.8, 4) is 5.75 Å². The fourth-order valence-corrected chi connectivity index (χ4v) is 2.43. The number of hydrogen-bond donors (Lipinski definition) is 1. The van der Waals surface area contributed by atoms with Gasteiger partial charge in [-0.15, -0.1) is 0 Å². The minimum atomic E-state index is -0.161. The number of hydrogen-bond acceptors (Lipinski definition) is 3. The molecular weight excluding hydrogens is 347 g/mol. The summed E-state index contributed by atoms with van der Waals surface area (Å²) in [6.07, 6.45) is 2.51. The number of aryl methyl sites for hydroxylation is 1. The first-order valence-corrected chi connectivity index (χ1v) is 8.27. The van der Waals surface area contributed by atoms with Crippen molar-refractivity contribution in [1.29, 1.82) is 0 Å². The monoisotopic (exact) mass is 364 g/mol. The lowest BCUT2D eigenvalue weighted by Crippen LogP contribution is -2.18. The highest BCUT2D eigenvalue weighted by atomic mass is 35.5. The fourth-order valence-electron chi connectivity index (χ4n) is 1.97. The summed E-state index contributed by atoms with van der Waals surface area (Å²) >= 11 is 11.8. The summed E-state index contributed by atoms with van der Waals surface area (Å²) in [4.78, 5) is 11.7. The number of carbonyl (C=O) groups is 1. The molecule has 0 aliphatic rings. The second-order valence-corrected chi connectivity index (χ2v) is 6.02. The van der Waals surface area contributed by atoms with Crippen LogP contribution in [-0.4, -0.2) is 18.7 Å². The summed E-state index contributed by atoms with van der Waals surface area (Å²) in [7, 11) is 0. The molecule has 0 radical (unpaired) electrons. The normalized spacial score (nSPS) is 10.8. The number of carbonyl (C=O) groups excluding carboxylic acids is 1. The van der Waals surface area contributed by atoms with Gasteiger partial charge in [0.05, 0.1) is 17.8 Å². The van der Waals surface area contributed by atoms with Crippen molar-refractivity contribution in [2.24, 2.45) is 5.10 Å². The molecule has 0 aliphatic heterocycles. The lowest BCUT2D eigenvalue weighted by molar-refractivity contribution is -0.121. The summed E-state index contributed by atoms with van der Waals surface area (Å²) in [5.74, 6) is 0.393. The van der Waals surface area contributed by atoms with E-state index >= 15 is 0 Å². The molecule has 24 heavy (non-hydrogen) atoms. The molecule has 1 N–H and O–H groups in total. The van der Waals surface area contributed by atoms with E-state index in [1.807, 2.05) is 31.2 Å². The molecule has 2 aromatic carbocycles. The summed E-state index contributed by atoms with van der Waals surface area (Å²) in [6, 6.07) is 12.8. The first-order chi connectivity index (χ1) is 11.6. The quantitative estimate of drug-likeness (QED) is 0.443. The molecule has 0 spiro atoms. The number of nitrogens with zero attached hydrogens (tertiary/aromatic N) is 1. The molecule has 0 bridgehead atoms. The van der Waals surface area contributed by atoms with Gasteiger partial charge in [-0.05, 0) is 42.7 Å². The van der Waals surface area contributed by atoms with E-state index in [0.29, 0.717) is 35.2 Å². The third-order valence-electron chi connectivity index (χ3n) is 3.28. The maximum absolute atomic E-state index is 11.7. The zero-order chi connectivity index (χ0) is 17.4. The van der Waals surface area contributed by atoms with Crippen LogP contribution in [-0.2, 0) is 4.79 Å². The molecule has 1 amide bonds. The van der Waals surface area contributed by atoms with Crippen LogP contribution in [0, 0.1) is 6.92 Å². The molecule has 126 valence electrons. The van der Waals surface area contributed by atoms with Gasteiger partial charge in [0.25, 0.3) is 0 Å². The Morgan fingerprint density at radius 3 is 2.79 bits per heavy atom. The maximum atomic E-state index is 11.7. The van der Waals surface area contributed by atoms with Crippen molar-refractivity contribution in [2.45, 2.75) is 19.8 Å². The summed E-state index contributed by atoms with van der Waals surface area (Å²) < 4.78 is 5.52. The second kappa shape index (κ2) is 9.30. The van der Waals surface area contributed by atoms with E-state index in [-0.39, 0.29) is 5.91 Å². The number of halogens is 2. The molecule has 0 saturated carbocycles. The second-order valence-electron chi connectivity index (χ2n) is 5.18. The Morgan fingerprint density at radius 1 is 1.25 bits per heavy atom. The van der Waals surface area contributed by atoms with Gasteiger partial charge in [-0.2, -0.15) is 5.10 Å². The van der Waals surface area contributed by atoms with Crippen LogP contribution in [0.25, 0.3) is 0 Å². The highest BCUT2D eigenvalue weighted by molar-refractivity contribution is 6.35. The molecule has 0 aromatic heterocycles. The predicted molar refractivity (Wildman–Crippen MR) is 98.1 cm³/mol. The highest BCUT2D eigenvalue weighted by Gasteiger charge is 2.04. The average Bonchev–Trinajstić information content (AvgIpc) is 2.55. The Bertz CT molecular complexity index is 733. The van der Waals surface area contributed by atoms with Gasteiger partial charge in [0.15, 0.2) is 0 Å². The van der Waals surface area contributed by atoms with Crippen molar-refractivity contribution in [1.82, 2.24) is 5.43 Å². The van der Waals surface area contributed by atoms with Crippen molar-refractivity contribution in [3.05, 3.63) is 63.6 Å². The largest absolute Gasteiger partial charge is 0.492 e. The van der Waals surface area contributed by atoms with Gasteiger partial charge >= 0.3 is 0 Å². The molecule has 0 atom stereocenters. The van der Waals surface area contributed by atoms with Crippen LogP contribution in [0.4, 0.5) is 0 Å². The minimum absolute atomic E-state index is 0.161. The van der Waals surface area contributed by atoms with Crippen LogP contribution in [0.5, 0.6) is 5.75 Å². The number of nitrogens with one attached hydrogen (secondary N) is 1. The molecule has 0 aliphatic carbocycles. The maximum Gasteiger partial charge on any atom is 0.240 e. The minimum Gasteiger partial charge on any atom is -0.492 e. The van der Waals surface area contributed by atoms with Gasteiger partial charge < -0.3 is 4.74 Å². The molecule has 0 unspecified atom stereocenters. The van der Waals surface area contributed by atoms with Gasteiger partial charge in [-0.1, -0.05) is 47.5 Å². The van der Waals surface area contributed by atoms with Crippen molar-refractivity contribution in [2.75, 3.05) is 6.61 Å². The Labute approximate surface area is 151 Å². The average molecular weight is 365 g/mol. The fraction of sp³-hybridized carbons (Fsp3) is 0.222. The van der Waals surface area contributed by atoms with E-state index in [2.05, 4.69) is 10.5 Å². The lowest BCUT2D eigenvalue weighted by Gasteiger charge is -2.07. The number of ether oxygens (including phenoxy) is 1. The Hall–Kier alpha value is -2.04. The van der Waals surface area contributed by atoms with Crippen LogP contribution in [0.2, 0.25) is 10.0 Å². The van der Waals surface area contributed by atoms with E-state index in [4.69, 9.17) is 27.9 Å². The summed E-state index contributed by atoms with van der Waals surface area (Å²) in [6.45, 7) is 2.37. The molecule has 0 saturated heterocycles. The molecular formula is C18H18Cl2N2O2. The smallest absolute Gasteiger partial charge is 0.240 e. The summed E-state index contributed by atoms with van der Waals surface area (Å²) in [5, 5.41) is 4.97. The van der Waals surface area contributed by atoms with Crippen LogP contribution < -0.4 is 10.2 Å². The molecule has 0 fully saturated rings.